The number of nitrogens with zero attached hydrogens (tertiary/aromatic N) is 1. The van der Waals surface area contributed by atoms with Crippen molar-refractivity contribution in [2.45, 2.75) is 71.1 Å². The van der Waals surface area contributed by atoms with Crippen LogP contribution in [0.5, 0.6) is 0 Å². The van der Waals surface area contributed by atoms with Crippen LogP contribution in [0.3, 0.4) is 0 Å². The Balaban J connectivity index is 1.84. The highest BCUT2D eigenvalue weighted by molar-refractivity contribution is 9.11. The van der Waals surface area contributed by atoms with Gasteiger partial charge >= 0.3 is 0 Å². The summed E-state index contributed by atoms with van der Waals surface area (Å²) >= 11 is 5.22. The zero-order valence-electron chi connectivity index (χ0n) is 10.9. The van der Waals surface area contributed by atoms with Crippen LogP contribution >= 0.6 is 27.3 Å². The van der Waals surface area contributed by atoms with Gasteiger partial charge in [-0.15, -0.1) is 11.3 Å². The van der Waals surface area contributed by atoms with E-state index in [0.29, 0.717) is 0 Å². The molecule has 0 saturated heterocycles. The van der Waals surface area contributed by atoms with Crippen LogP contribution in [0.1, 0.15) is 69.7 Å². The number of unbranched alkanes of at least 4 members (excludes halogenated alkanes) is 8. The molecule has 0 aliphatic rings. The summed E-state index contributed by atoms with van der Waals surface area (Å²) in [6, 6.07) is 0. The monoisotopic (exact) mass is 317 g/mol. The van der Waals surface area contributed by atoms with E-state index in [1.165, 1.54) is 62.8 Å². The van der Waals surface area contributed by atoms with Crippen molar-refractivity contribution in [3.05, 3.63) is 15.0 Å². The molecule has 0 N–H and O–H groups in total. The van der Waals surface area contributed by atoms with Crippen molar-refractivity contribution in [2.75, 3.05) is 0 Å². The fourth-order valence-electron chi connectivity index (χ4n) is 1.99. The number of rotatable bonds is 10. The Hall–Kier alpha value is 0.110. The van der Waals surface area contributed by atoms with Gasteiger partial charge in [0.2, 0.25) is 0 Å². The number of aromatic nitrogens is 1. The molecule has 0 spiro atoms. The van der Waals surface area contributed by atoms with Crippen molar-refractivity contribution < 1.29 is 0 Å². The normalized spacial score (nSPS) is 10.9. The first-order valence-corrected chi connectivity index (χ1v) is 8.54. The van der Waals surface area contributed by atoms with E-state index in [4.69, 9.17) is 0 Å². The molecule has 1 rings (SSSR count). The fraction of sp³-hybridized carbons (Fsp3) is 0.786. The molecular formula is C14H24BrNS. The largest absolute Gasteiger partial charge is 0.248 e. The summed E-state index contributed by atoms with van der Waals surface area (Å²) in [4.78, 5) is 4.36. The zero-order valence-corrected chi connectivity index (χ0v) is 13.3. The third-order valence-corrected chi connectivity index (χ3v) is 4.56. The van der Waals surface area contributed by atoms with E-state index in [2.05, 4.69) is 27.8 Å². The van der Waals surface area contributed by atoms with Gasteiger partial charge in [0.1, 0.15) is 0 Å². The summed E-state index contributed by atoms with van der Waals surface area (Å²) in [6.45, 7) is 2.27. The molecule has 0 atom stereocenters. The van der Waals surface area contributed by atoms with E-state index in [0.717, 1.165) is 10.2 Å². The Morgan fingerprint density at radius 2 is 1.59 bits per heavy atom. The van der Waals surface area contributed by atoms with E-state index >= 15 is 0 Å². The summed E-state index contributed by atoms with van der Waals surface area (Å²) in [5.41, 5.74) is 0. The second-order valence-corrected chi connectivity index (χ2v) is 7.13. The lowest BCUT2D eigenvalue weighted by Gasteiger charge is -2.00. The second-order valence-electron chi connectivity index (χ2n) is 4.64. The van der Waals surface area contributed by atoms with Gasteiger partial charge in [-0.3, -0.25) is 0 Å². The van der Waals surface area contributed by atoms with Crippen molar-refractivity contribution in [2.24, 2.45) is 0 Å². The third-order valence-electron chi connectivity index (χ3n) is 3.02. The molecule has 3 heteroatoms. The van der Waals surface area contributed by atoms with Crippen LogP contribution in [0.2, 0.25) is 0 Å². The standard InChI is InChI=1S/C14H24BrNS/c1-2-3-4-5-6-7-8-9-10-11-14-16-12-13(15)17-14/h12H,2-11H2,1H3. The molecule has 0 aliphatic heterocycles. The van der Waals surface area contributed by atoms with Crippen LogP contribution < -0.4 is 0 Å². The Labute approximate surface area is 118 Å². The van der Waals surface area contributed by atoms with E-state index in [-0.39, 0.29) is 0 Å². The van der Waals surface area contributed by atoms with Crippen LogP contribution in [-0.4, -0.2) is 4.98 Å². The van der Waals surface area contributed by atoms with E-state index < -0.39 is 0 Å². The lowest BCUT2D eigenvalue weighted by Crippen LogP contribution is -1.85. The minimum absolute atomic E-state index is 1.16. The fourth-order valence-corrected chi connectivity index (χ4v) is 3.34. The SMILES string of the molecule is CCCCCCCCCCCc1ncc(Br)s1. The number of aryl methyl sites for hydroxylation is 1. The summed E-state index contributed by atoms with van der Waals surface area (Å²) in [5, 5.41) is 1.28. The summed E-state index contributed by atoms with van der Waals surface area (Å²) < 4.78 is 1.16. The van der Waals surface area contributed by atoms with Crippen molar-refractivity contribution in [3.63, 3.8) is 0 Å². The van der Waals surface area contributed by atoms with Gasteiger partial charge in [-0.2, -0.15) is 0 Å². The second kappa shape index (κ2) is 10.1. The maximum absolute atomic E-state index is 4.36. The minimum Gasteiger partial charge on any atom is -0.248 e. The number of hydrogen-bond acceptors (Lipinski definition) is 2. The molecule has 0 saturated carbocycles. The van der Waals surface area contributed by atoms with E-state index in [9.17, 15) is 0 Å². The predicted molar refractivity (Wildman–Crippen MR) is 80.7 cm³/mol. The third kappa shape index (κ3) is 7.93. The number of hydrogen-bond donors (Lipinski definition) is 0. The van der Waals surface area contributed by atoms with Crippen LogP contribution in [0.25, 0.3) is 0 Å². The van der Waals surface area contributed by atoms with Gasteiger partial charge in [0.05, 0.1) is 15.0 Å². The van der Waals surface area contributed by atoms with E-state index in [1.54, 1.807) is 11.3 Å². The van der Waals surface area contributed by atoms with Crippen molar-refractivity contribution in [1.29, 1.82) is 0 Å². The van der Waals surface area contributed by atoms with Gasteiger partial charge in [-0.1, -0.05) is 58.3 Å². The summed E-state index contributed by atoms with van der Waals surface area (Å²) in [5.74, 6) is 0. The lowest BCUT2D eigenvalue weighted by molar-refractivity contribution is 0.564. The molecule has 0 amide bonds. The molecule has 17 heavy (non-hydrogen) atoms. The highest BCUT2D eigenvalue weighted by atomic mass is 79.9. The maximum atomic E-state index is 4.36. The molecule has 1 heterocycles. The number of thiazole rings is 1. The van der Waals surface area contributed by atoms with Crippen molar-refractivity contribution >= 4 is 27.3 Å². The maximum Gasteiger partial charge on any atom is 0.0936 e. The highest BCUT2D eigenvalue weighted by Crippen LogP contribution is 2.21. The molecule has 98 valence electrons. The number of halogens is 1. The first-order valence-electron chi connectivity index (χ1n) is 6.93. The van der Waals surface area contributed by atoms with Gasteiger partial charge in [-0.05, 0) is 28.8 Å². The molecule has 0 radical (unpaired) electrons. The molecule has 0 unspecified atom stereocenters. The minimum atomic E-state index is 1.16. The lowest BCUT2D eigenvalue weighted by atomic mass is 10.1. The topological polar surface area (TPSA) is 12.9 Å². The summed E-state index contributed by atoms with van der Waals surface area (Å²) in [6.07, 6.45) is 15.6. The molecule has 0 aromatic carbocycles. The van der Waals surface area contributed by atoms with Crippen LogP contribution in [0, 0.1) is 0 Å². The molecule has 0 fully saturated rings. The highest BCUT2D eigenvalue weighted by Gasteiger charge is 1.99. The Morgan fingerprint density at radius 3 is 2.12 bits per heavy atom. The van der Waals surface area contributed by atoms with Gasteiger partial charge in [0.15, 0.2) is 0 Å². The molecule has 0 aliphatic carbocycles. The first-order chi connectivity index (χ1) is 8.33. The van der Waals surface area contributed by atoms with Crippen molar-refractivity contribution in [1.82, 2.24) is 4.98 Å². The molecule has 1 nitrogen and oxygen atoms in total. The quantitative estimate of drug-likeness (QED) is 0.484. The molecule has 0 bridgehead atoms. The van der Waals surface area contributed by atoms with Crippen LogP contribution in [-0.2, 0) is 6.42 Å². The Morgan fingerprint density at radius 1 is 1.00 bits per heavy atom. The van der Waals surface area contributed by atoms with Gasteiger partial charge in [0.25, 0.3) is 0 Å². The van der Waals surface area contributed by atoms with E-state index in [1.807, 2.05) is 6.20 Å². The van der Waals surface area contributed by atoms with Crippen molar-refractivity contribution in [3.8, 4) is 0 Å². The van der Waals surface area contributed by atoms with Gasteiger partial charge in [-0.25, -0.2) is 4.98 Å². The molecule has 1 aromatic heterocycles. The zero-order chi connectivity index (χ0) is 12.3. The molecular weight excluding hydrogens is 294 g/mol. The predicted octanol–water partition coefficient (Wildman–Crippen LogP) is 5.98. The first kappa shape index (κ1) is 15.2. The average molecular weight is 318 g/mol. The molecule has 1 aromatic rings. The smallest absolute Gasteiger partial charge is 0.0936 e. The van der Waals surface area contributed by atoms with Gasteiger partial charge in [0, 0.05) is 0 Å². The Bertz CT molecular complexity index is 286. The Kier molecular flexibility index (Phi) is 8.99. The van der Waals surface area contributed by atoms with Gasteiger partial charge < -0.3 is 0 Å². The van der Waals surface area contributed by atoms with Crippen LogP contribution in [0.15, 0.2) is 9.98 Å². The summed E-state index contributed by atoms with van der Waals surface area (Å²) in [7, 11) is 0. The average Bonchev–Trinajstić information content (AvgIpc) is 2.73. The van der Waals surface area contributed by atoms with Crippen LogP contribution in [0.4, 0.5) is 0 Å².